The first-order chi connectivity index (χ1) is 14.9. The average molecular weight is 445 g/mol. The summed E-state index contributed by atoms with van der Waals surface area (Å²) in [5.74, 6) is 1.30. The van der Waals surface area contributed by atoms with Gasteiger partial charge in [-0.2, -0.15) is 4.98 Å². The molecule has 0 saturated heterocycles. The largest absolute Gasteiger partial charge is 0.357 e. The van der Waals surface area contributed by atoms with Gasteiger partial charge in [-0.25, -0.2) is 4.39 Å². The predicted octanol–water partition coefficient (Wildman–Crippen LogP) is 4.00. The van der Waals surface area contributed by atoms with Crippen LogP contribution < -0.4 is 10.6 Å². The van der Waals surface area contributed by atoms with Crippen LogP contribution in [-0.2, 0) is 11.8 Å². The molecule has 9 heteroatoms. The molecule has 0 aliphatic heterocycles. The lowest BCUT2D eigenvalue weighted by molar-refractivity contribution is 0.421. The first kappa shape index (κ1) is 22.7. The number of rotatable bonds is 8. The van der Waals surface area contributed by atoms with Gasteiger partial charge in [0.2, 0.25) is 0 Å². The fourth-order valence-corrected chi connectivity index (χ4v) is 3.41. The number of hydrogen-bond acceptors (Lipinski definition) is 5. The van der Waals surface area contributed by atoms with Gasteiger partial charge in [-0.1, -0.05) is 42.7 Å². The molecule has 0 aliphatic carbocycles. The van der Waals surface area contributed by atoms with Crippen LogP contribution >= 0.6 is 11.6 Å². The first-order valence-electron chi connectivity index (χ1n) is 10.1. The van der Waals surface area contributed by atoms with Gasteiger partial charge in [-0.3, -0.25) is 9.98 Å². The number of nitrogens with one attached hydrogen (secondary N) is 2. The molecule has 0 atom stereocenters. The Kier molecular flexibility index (Phi) is 7.57. The number of guanidine groups is 1. The molecule has 0 aliphatic rings. The lowest BCUT2D eigenvalue weighted by Gasteiger charge is -2.25. The molecular formula is C22H26ClFN6O. The van der Waals surface area contributed by atoms with Crippen LogP contribution in [0.15, 0.2) is 52.1 Å². The molecule has 2 heterocycles. The van der Waals surface area contributed by atoms with Crippen molar-refractivity contribution in [2.45, 2.75) is 32.6 Å². The van der Waals surface area contributed by atoms with E-state index in [0.717, 1.165) is 12.1 Å². The Balaban J connectivity index is 1.59. The SMILES string of the molecule is CCNC(=NCC(C)(C)c1ccc(F)cc1Cl)NCCc1noc(-c2ccccn2)n1. The van der Waals surface area contributed by atoms with Crippen molar-refractivity contribution in [2.24, 2.45) is 4.99 Å². The highest BCUT2D eigenvalue weighted by atomic mass is 35.5. The zero-order chi connectivity index (χ0) is 22.3. The van der Waals surface area contributed by atoms with Crippen molar-refractivity contribution in [3.05, 3.63) is 64.8 Å². The minimum Gasteiger partial charge on any atom is -0.357 e. The molecule has 0 unspecified atom stereocenters. The van der Waals surface area contributed by atoms with Gasteiger partial charge in [0.05, 0.1) is 6.54 Å². The van der Waals surface area contributed by atoms with Crippen molar-refractivity contribution >= 4 is 17.6 Å². The second-order valence-electron chi connectivity index (χ2n) is 7.61. The second-order valence-corrected chi connectivity index (χ2v) is 8.02. The molecule has 2 N–H and O–H groups in total. The molecule has 2 aromatic heterocycles. The summed E-state index contributed by atoms with van der Waals surface area (Å²) in [4.78, 5) is 13.3. The molecule has 0 spiro atoms. The summed E-state index contributed by atoms with van der Waals surface area (Å²) in [5.41, 5.74) is 1.13. The van der Waals surface area contributed by atoms with Crippen molar-refractivity contribution in [3.8, 4) is 11.6 Å². The Hall–Kier alpha value is -3.00. The van der Waals surface area contributed by atoms with Gasteiger partial charge in [0.25, 0.3) is 5.89 Å². The van der Waals surface area contributed by atoms with E-state index in [1.165, 1.54) is 12.1 Å². The summed E-state index contributed by atoms with van der Waals surface area (Å²) in [6, 6.07) is 9.98. The number of benzene rings is 1. The summed E-state index contributed by atoms with van der Waals surface area (Å²) in [5, 5.41) is 10.9. The monoisotopic (exact) mass is 444 g/mol. The molecule has 1 aromatic carbocycles. The van der Waals surface area contributed by atoms with Crippen molar-refractivity contribution in [3.63, 3.8) is 0 Å². The van der Waals surface area contributed by atoms with Crippen LogP contribution in [0.25, 0.3) is 11.6 Å². The standard InChI is InChI=1S/C22H26ClFN6O/c1-4-25-21(28-14-22(2,3)16-9-8-15(24)13-17(16)23)27-12-10-19-29-20(31-30-19)18-7-5-6-11-26-18/h5-9,11,13H,4,10,12,14H2,1-3H3,(H2,25,27,28). The third kappa shape index (κ3) is 6.24. The number of aromatic nitrogens is 3. The highest BCUT2D eigenvalue weighted by Gasteiger charge is 2.23. The molecule has 0 fully saturated rings. The normalized spacial score (nSPS) is 12.1. The molecule has 164 valence electrons. The maximum atomic E-state index is 13.4. The Morgan fingerprint density at radius 1 is 1.23 bits per heavy atom. The number of nitrogens with zero attached hydrogens (tertiary/aromatic N) is 4. The second kappa shape index (κ2) is 10.3. The van der Waals surface area contributed by atoms with Gasteiger partial charge >= 0.3 is 0 Å². The Labute approximate surface area is 186 Å². The van der Waals surface area contributed by atoms with Crippen molar-refractivity contribution < 1.29 is 8.91 Å². The average Bonchev–Trinajstić information content (AvgIpc) is 3.21. The van der Waals surface area contributed by atoms with Gasteiger partial charge in [-0.05, 0) is 36.8 Å². The zero-order valence-corrected chi connectivity index (χ0v) is 18.6. The summed E-state index contributed by atoms with van der Waals surface area (Å²) < 4.78 is 18.7. The highest BCUT2D eigenvalue weighted by Crippen LogP contribution is 2.30. The quantitative estimate of drug-likeness (QED) is 0.403. The zero-order valence-electron chi connectivity index (χ0n) is 17.8. The molecule has 0 bridgehead atoms. The van der Waals surface area contributed by atoms with Gasteiger partial charge in [0.15, 0.2) is 11.8 Å². The van der Waals surface area contributed by atoms with Crippen molar-refractivity contribution in [1.82, 2.24) is 25.8 Å². The lowest BCUT2D eigenvalue weighted by Crippen LogP contribution is -2.39. The number of halogens is 2. The minimum absolute atomic E-state index is 0.351. The lowest BCUT2D eigenvalue weighted by atomic mass is 9.84. The van der Waals surface area contributed by atoms with E-state index in [0.29, 0.717) is 47.9 Å². The summed E-state index contributed by atoms with van der Waals surface area (Å²) in [7, 11) is 0. The third-order valence-corrected chi connectivity index (χ3v) is 4.94. The number of pyridine rings is 1. The van der Waals surface area contributed by atoms with Crippen molar-refractivity contribution in [1.29, 1.82) is 0 Å². The molecule has 3 aromatic rings. The predicted molar refractivity (Wildman–Crippen MR) is 120 cm³/mol. The molecule has 31 heavy (non-hydrogen) atoms. The first-order valence-corrected chi connectivity index (χ1v) is 10.5. The molecular weight excluding hydrogens is 419 g/mol. The molecule has 0 radical (unpaired) electrons. The fraction of sp³-hybridized carbons (Fsp3) is 0.364. The van der Waals surface area contributed by atoms with Gasteiger partial charge in [0, 0.05) is 36.1 Å². The van der Waals surface area contributed by atoms with Crippen LogP contribution in [0.1, 0.15) is 32.2 Å². The van der Waals surface area contributed by atoms with E-state index >= 15 is 0 Å². The Morgan fingerprint density at radius 2 is 2.06 bits per heavy atom. The van der Waals surface area contributed by atoms with E-state index in [1.807, 2.05) is 39.0 Å². The maximum Gasteiger partial charge on any atom is 0.276 e. The van der Waals surface area contributed by atoms with Crippen LogP contribution in [0, 0.1) is 5.82 Å². The van der Waals surface area contributed by atoms with Crippen molar-refractivity contribution in [2.75, 3.05) is 19.6 Å². The van der Waals surface area contributed by atoms with Gasteiger partial charge in [-0.15, -0.1) is 0 Å². The van der Waals surface area contributed by atoms with Crippen LogP contribution in [0.5, 0.6) is 0 Å². The minimum atomic E-state index is -0.363. The smallest absolute Gasteiger partial charge is 0.276 e. The maximum absolute atomic E-state index is 13.4. The van der Waals surface area contributed by atoms with Crippen LogP contribution in [-0.4, -0.2) is 40.7 Å². The topological polar surface area (TPSA) is 88.2 Å². The summed E-state index contributed by atoms with van der Waals surface area (Å²) in [6.07, 6.45) is 2.24. The van der Waals surface area contributed by atoms with Crippen LogP contribution in [0.2, 0.25) is 5.02 Å². The Morgan fingerprint density at radius 3 is 2.77 bits per heavy atom. The van der Waals surface area contributed by atoms with Crippen LogP contribution in [0.3, 0.4) is 0 Å². The number of hydrogen-bond donors (Lipinski definition) is 2. The molecule has 3 rings (SSSR count). The number of aliphatic imine (C=N–C) groups is 1. The van der Waals surface area contributed by atoms with Gasteiger partial charge < -0.3 is 15.2 Å². The molecule has 0 amide bonds. The van der Waals surface area contributed by atoms with E-state index < -0.39 is 0 Å². The van der Waals surface area contributed by atoms with E-state index in [9.17, 15) is 4.39 Å². The van der Waals surface area contributed by atoms with E-state index in [4.69, 9.17) is 16.1 Å². The van der Waals surface area contributed by atoms with E-state index in [1.54, 1.807) is 12.3 Å². The highest BCUT2D eigenvalue weighted by molar-refractivity contribution is 6.31. The molecule has 7 nitrogen and oxygen atoms in total. The van der Waals surface area contributed by atoms with E-state index in [2.05, 4.69) is 30.8 Å². The Bertz CT molecular complexity index is 1020. The van der Waals surface area contributed by atoms with Crippen LogP contribution in [0.4, 0.5) is 4.39 Å². The molecule has 0 saturated carbocycles. The summed E-state index contributed by atoms with van der Waals surface area (Å²) in [6.45, 7) is 7.81. The fourth-order valence-electron chi connectivity index (χ4n) is 2.98. The van der Waals surface area contributed by atoms with Gasteiger partial charge in [0.1, 0.15) is 11.5 Å². The van der Waals surface area contributed by atoms with E-state index in [-0.39, 0.29) is 11.2 Å². The summed E-state index contributed by atoms with van der Waals surface area (Å²) >= 11 is 6.24. The third-order valence-electron chi connectivity index (χ3n) is 4.63.